The quantitative estimate of drug-likeness (QED) is 0.727. The van der Waals surface area contributed by atoms with Gasteiger partial charge in [0.05, 0.1) is 6.42 Å². The van der Waals surface area contributed by atoms with Gasteiger partial charge in [-0.25, -0.2) is 4.39 Å². The first-order chi connectivity index (χ1) is 13.5. The minimum absolute atomic E-state index is 0.0123. The van der Waals surface area contributed by atoms with Crippen LogP contribution in [0.4, 0.5) is 10.1 Å². The molecule has 1 N–H and O–H groups in total. The molecule has 1 fully saturated rings. The maximum absolute atomic E-state index is 13.0. The number of nitrogens with one attached hydrogen (secondary N) is 1. The number of carbonyl (C=O) groups is 2. The van der Waals surface area contributed by atoms with Gasteiger partial charge in [0.1, 0.15) is 11.9 Å². The van der Waals surface area contributed by atoms with Gasteiger partial charge in [0.2, 0.25) is 5.91 Å². The maximum Gasteiger partial charge on any atom is 0.252 e. The molecule has 2 amide bonds. The number of amides is 2. The van der Waals surface area contributed by atoms with Crippen molar-refractivity contribution in [3.8, 4) is 0 Å². The molecule has 1 aliphatic rings. The zero-order valence-electron chi connectivity index (χ0n) is 15.6. The minimum atomic E-state index is -0.628. The van der Waals surface area contributed by atoms with E-state index in [1.165, 1.54) is 29.2 Å². The molecule has 0 bridgehead atoms. The summed E-state index contributed by atoms with van der Waals surface area (Å²) in [6.45, 7) is 2.88. The summed E-state index contributed by atoms with van der Waals surface area (Å²) in [6.07, 6.45) is 0.712. The summed E-state index contributed by atoms with van der Waals surface area (Å²) < 4.78 is 13.0. The lowest BCUT2D eigenvalue weighted by atomic mass is 10.1. The van der Waals surface area contributed by atoms with Crippen molar-refractivity contribution in [2.24, 2.45) is 0 Å². The van der Waals surface area contributed by atoms with E-state index in [1.807, 2.05) is 42.2 Å². The molecule has 146 valence electrons. The van der Waals surface area contributed by atoms with Crippen LogP contribution in [0.15, 0.2) is 54.6 Å². The first kappa shape index (κ1) is 19.9. The van der Waals surface area contributed by atoms with Gasteiger partial charge in [0.15, 0.2) is 5.11 Å². The molecular weight excluding hydrogens is 377 g/mol. The lowest BCUT2D eigenvalue weighted by Crippen LogP contribution is -2.39. The van der Waals surface area contributed by atoms with Crippen molar-refractivity contribution in [1.29, 1.82) is 0 Å². The van der Waals surface area contributed by atoms with Crippen LogP contribution in [0.3, 0.4) is 0 Å². The van der Waals surface area contributed by atoms with Crippen LogP contribution in [0.2, 0.25) is 0 Å². The highest BCUT2D eigenvalue weighted by Gasteiger charge is 2.42. The number of nitrogens with zero attached hydrogens (tertiary/aromatic N) is 2. The van der Waals surface area contributed by atoms with Crippen LogP contribution >= 0.6 is 12.2 Å². The first-order valence-corrected chi connectivity index (χ1v) is 9.61. The summed E-state index contributed by atoms with van der Waals surface area (Å²) in [7, 11) is 0. The molecule has 3 rings (SSSR count). The first-order valence-electron chi connectivity index (χ1n) is 9.21. The molecule has 1 aliphatic heterocycles. The third-order valence-electron chi connectivity index (χ3n) is 4.71. The topological polar surface area (TPSA) is 52.7 Å². The smallest absolute Gasteiger partial charge is 0.252 e. The Morgan fingerprint density at radius 3 is 2.46 bits per heavy atom. The van der Waals surface area contributed by atoms with Crippen LogP contribution in [0.1, 0.15) is 18.9 Å². The van der Waals surface area contributed by atoms with E-state index in [1.54, 1.807) is 0 Å². The molecule has 5 nitrogen and oxygen atoms in total. The van der Waals surface area contributed by atoms with Gasteiger partial charge in [0.25, 0.3) is 5.91 Å². The van der Waals surface area contributed by atoms with Gasteiger partial charge >= 0.3 is 0 Å². The number of likely N-dealkylation sites (N-methyl/N-ethyl adjacent to an activating group) is 1. The van der Waals surface area contributed by atoms with E-state index in [4.69, 9.17) is 12.2 Å². The molecule has 2 aromatic rings. The van der Waals surface area contributed by atoms with E-state index in [0.717, 1.165) is 12.0 Å². The van der Waals surface area contributed by atoms with Crippen LogP contribution in [0.25, 0.3) is 0 Å². The number of anilines is 1. The molecule has 7 heteroatoms. The monoisotopic (exact) mass is 399 g/mol. The van der Waals surface area contributed by atoms with Gasteiger partial charge < -0.3 is 10.2 Å². The summed E-state index contributed by atoms with van der Waals surface area (Å²) in [4.78, 5) is 28.6. The fraction of sp³-hybridized carbons (Fsp3) is 0.286. The summed E-state index contributed by atoms with van der Waals surface area (Å²) in [5.41, 5.74) is 1.63. The molecule has 0 radical (unpaired) electrons. The fourth-order valence-electron chi connectivity index (χ4n) is 3.25. The molecule has 1 saturated heterocycles. The van der Waals surface area contributed by atoms with E-state index in [0.29, 0.717) is 23.9 Å². The maximum atomic E-state index is 13.0. The average Bonchev–Trinajstić information content (AvgIpc) is 2.92. The van der Waals surface area contributed by atoms with Crippen LogP contribution in [0, 0.1) is 5.82 Å². The Labute approximate surface area is 169 Å². The zero-order chi connectivity index (χ0) is 20.1. The van der Waals surface area contributed by atoms with E-state index < -0.39 is 6.04 Å². The zero-order valence-corrected chi connectivity index (χ0v) is 16.4. The van der Waals surface area contributed by atoms with Crippen molar-refractivity contribution in [1.82, 2.24) is 9.80 Å². The lowest BCUT2D eigenvalue weighted by molar-refractivity contribution is -0.130. The second-order valence-electron chi connectivity index (χ2n) is 6.57. The Bertz CT molecular complexity index is 858. The summed E-state index contributed by atoms with van der Waals surface area (Å²) in [6, 6.07) is 14.8. The Kier molecular flexibility index (Phi) is 6.36. The Hall–Kier alpha value is -2.80. The third kappa shape index (κ3) is 4.54. The predicted molar refractivity (Wildman–Crippen MR) is 110 cm³/mol. The Morgan fingerprint density at radius 2 is 1.82 bits per heavy atom. The highest BCUT2D eigenvalue weighted by atomic mass is 32.1. The number of thiocarbonyl (C=S) groups is 1. The SMILES string of the molecule is CCN1C(=O)C(CC(=O)Nc2ccc(F)cc2)N(CCc2ccccc2)C1=S. The van der Waals surface area contributed by atoms with E-state index in [9.17, 15) is 14.0 Å². The van der Waals surface area contributed by atoms with E-state index in [2.05, 4.69) is 5.32 Å². The van der Waals surface area contributed by atoms with Crippen molar-refractivity contribution < 1.29 is 14.0 Å². The van der Waals surface area contributed by atoms with Crippen molar-refractivity contribution >= 4 is 34.8 Å². The third-order valence-corrected chi connectivity index (χ3v) is 5.17. The molecule has 0 aromatic heterocycles. The van der Waals surface area contributed by atoms with Crippen molar-refractivity contribution in [3.63, 3.8) is 0 Å². The highest BCUT2D eigenvalue weighted by molar-refractivity contribution is 7.80. The van der Waals surface area contributed by atoms with Crippen LogP contribution < -0.4 is 5.32 Å². The van der Waals surface area contributed by atoms with Crippen LogP contribution in [0.5, 0.6) is 0 Å². The second-order valence-corrected chi connectivity index (χ2v) is 6.93. The van der Waals surface area contributed by atoms with Crippen LogP contribution in [-0.2, 0) is 16.0 Å². The van der Waals surface area contributed by atoms with Crippen molar-refractivity contribution in [3.05, 3.63) is 66.0 Å². The average molecular weight is 399 g/mol. The van der Waals surface area contributed by atoms with E-state index >= 15 is 0 Å². The second kappa shape index (κ2) is 8.93. The molecule has 1 unspecified atom stereocenters. The largest absolute Gasteiger partial charge is 0.336 e. The molecule has 1 atom stereocenters. The van der Waals surface area contributed by atoms with Crippen LogP contribution in [-0.4, -0.2) is 45.9 Å². The van der Waals surface area contributed by atoms with Gasteiger partial charge in [-0.2, -0.15) is 0 Å². The molecule has 2 aromatic carbocycles. The Balaban J connectivity index is 1.69. The number of benzene rings is 2. The lowest BCUT2D eigenvalue weighted by Gasteiger charge is -2.23. The molecule has 28 heavy (non-hydrogen) atoms. The number of carbonyl (C=O) groups excluding carboxylic acids is 2. The number of halogens is 1. The standard InChI is InChI=1S/C21H22FN3O2S/c1-2-24-20(27)18(14-19(26)23-17-10-8-16(22)9-11-17)25(21(24)28)13-12-15-6-4-3-5-7-15/h3-11,18H,2,12-14H2,1H3,(H,23,26). The predicted octanol–water partition coefficient (Wildman–Crippen LogP) is 3.21. The highest BCUT2D eigenvalue weighted by Crippen LogP contribution is 2.22. The minimum Gasteiger partial charge on any atom is -0.336 e. The van der Waals surface area contributed by atoms with Gasteiger partial charge in [-0.15, -0.1) is 0 Å². The fourth-order valence-corrected chi connectivity index (χ4v) is 3.69. The summed E-state index contributed by atoms with van der Waals surface area (Å²) in [5.74, 6) is -0.842. The van der Waals surface area contributed by atoms with Gasteiger partial charge in [-0.3, -0.25) is 14.5 Å². The number of hydrogen-bond acceptors (Lipinski definition) is 3. The molecule has 0 aliphatic carbocycles. The van der Waals surface area contributed by atoms with Crippen molar-refractivity contribution in [2.75, 3.05) is 18.4 Å². The number of hydrogen-bond donors (Lipinski definition) is 1. The van der Waals surface area contributed by atoms with Gasteiger partial charge in [0, 0.05) is 18.8 Å². The normalized spacial score (nSPS) is 16.6. The van der Waals surface area contributed by atoms with Gasteiger partial charge in [-0.1, -0.05) is 30.3 Å². The molecule has 0 saturated carbocycles. The summed E-state index contributed by atoms with van der Waals surface area (Å²) >= 11 is 5.49. The van der Waals surface area contributed by atoms with Crippen molar-refractivity contribution in [2.45, 2.75) is 25.8 Å². The summed E-state index contributed by atoms with van der Waals surface area (Å²) in [5, 5.41) is 3.17. The van der Waals surface area contributed by atoms with Gasteiger partial charge in [-0.05, 0) is 55.4 Å². The molecular formula is C21H22FN3O2S. The number of rotatable bonds is 7. The van der Waals surface area contributed by atoms with E-state index in [-0.39, 0.29) is 24.1 Å². The Morgan fingerprint density at radius 1 is 1.14 bits per heavy atom. The molecule has 0 spiro atoms. The molecule has 1 heterocycles.